The van der Waals surface area contributed by atoms with Crippen molar-refractivity contribution >= 4 is 5.91 Å². The molecule has 2 atom stereocenters. The van der Waals surface area contributed by atoms with Crippen LogP contribution in [0.3, 0.4) is 0 Å². The normalized spacial score (nSPS) is 25.0. The maximum Gasteiger partial charge on any atom is 0.227 e. The number of rotatable bonds is 3. The van der Waals surface area contributed by atoms with E-state index in [-0.39, 0.29) is 5.91 Å². The Hall–Kier alpha value is -1.35. The van der Waals surface area contributed by atoms with Gasteiger partial charge in [-0.25, -0.2) is 0 Å². The van der Waals surface area contributed by atoms with Crippen molar-refractivity contribution in [3.63, 3.8) is 0 Å². The van der Waals surface area contributed by atoms with E-state index in [1.807, 2.05) is 4.90 Å². The molecule has 0 radical (unpaired) electrons. The van der Waals surface area contributed by atoms with Crippen LogP contribution in [-0.4, -0.2) is 29.9 Å². The van der Waals surface area contributed by atoms with E-state index < -0.39 is 0 Å². The monoisotopic (exact) mass is 272 g/mol. The van der Waals surface area contributed by atoms with E-state index in [4.69, 9.17) is 5.73 Å². The minimum absolute atomic E-state index is 0.256. The first-order valence-corrected chi connectivity index (χ1v) is 7.77. The summed E-state index contributed by atoms with van der Waals surface area (Å²) in [5.41, 5.74) is 9.82. The van der Waals surface area contributed by atoms with E-state index in [0.717, 1.165) is 13.0 Å². The zero-order chi connectivity index (χ0) is 14.1. The van der Waals surface area contributed by atoms with Gasteiger partial charge in [-0.1, -0.05) is 18.2 Å². The van der Waals surface area contributed by atoms with Gasteiger partial charge in [-0.15, -0.1) is 0 Å². The van der Waals surface area contributed by atoms with Gasteiger partial charge in [0, 0.05) is 12.6 Å². The minimum atomic E-state index is 0.256. The third-order valence-electron chi connectivity index (χ3n) is 4.83. The Balaban J connectivity index is 1.67. The minimum Gasteiger partial charge on any atom is -0.339 e. The summed E-state index contributed by atoms with van der Waals surface area (Å²) in [5.74, 6) is 0.736. The van der Waals surface area contributed by atoms with Crippen molar-refractivity contribution in [3.05, 3.63) is 34.9 Å². The summed E-state index contributed by atoms with van der Waals surface area (Å²) < 4.78 is 0. The molecule has 1 amide bonds. The van der Waals surface area contributed by atoms with Crippen molar-refractivity contribution < 1.29 is 4.79 Å². The lowest BCUT2D eigenvalue weighted by atomic mass is 10.0. The van der Waals surface area contributed by atoms with Crippen LogP contribution in [0.4, 0.5) is 0 Å². The van der Waals surface area contributed by atoms with E-state index in [0.29, 0.717) is 24.9 Å². The van der Waals surface area contributed by atoms with Crippen LogP contribution in [-0.2, 0) is 24.1 Å². The average molecular weight is 272 g/mol. The van der Waals surface area contributed by atoms with Crippen LogP contribution in [0.1, 0.15) is 36.5 Å². The summed E-state index contributed by atoms with van der Waals surface area (Å²) in [4.78, 5) is 14.5. The highest BCUT2D eigenvalue weighted by Gasteiger charge is 2.31. The number of carbonyl (C=O) groups excluding carboxylic acids is 1. The molecule has 3 nitrogen and oxygen atoms in total. The van der Waals surface area contributed by atoms with Gasteiger partial charge in [0.2, 0.25) is 5.91 Å². The molecule has 0 aromatic heterocycles. The Morgan fingerprint density at radius 2 is 2.15 bits per heavy atom. The molecule has 0 saturated carbocycles. The summed E-state index contributed by atoms with van der Waals surface area (Å²) in [5, 5.41) is 0. The van der Waals surface area contributed by atoms with Crippen molar-refractivity contribution in [3.8, 4) is 0 Å². The third kappa shape index (κ3) is 2.59. The van der Waals surface area contributed by atoms with Crippen LogP contribution in [0.15, 0.2) is 18.2 Å². The predicted octanol–water partition coefficient (Wildman–Crippen LogP) is 1.91. The van der Waals surface area contributed by atoms with Crippen LogP contribution >= 0.6 is 0 Å². The van der Waals surface area contributed by atoms with Crippen LogP contribution in [0.5, 0.6) is 0 Å². The molecule has 1 aliphatic heterocycles. The highest BCUT2D eigenvalue weighted by Crippen LogP contribution is 2.25. The van der Waals surface area contributed by atoms with Gasteiger partial charge in [-0.05, 0) is 61.8 Å². The predicted molar refractivity (Wildman–Crippen MR) is 80.5 cm³/mol. The number of hydrogen-bond acceptors (Lipinski definition) is 2. The molecule has 1 heterocycles. The second-order valence-corrected chi connectivity index (χ2v) is 6.37. The summed E-state index contributed by atoms with van der Waals surface area (Å²) >= 11 is 0. The molecular weight excluding hydrogens is 248 g/mol. The summed E-state index contributed by atoms with van der Waals surface area (Å²) in [6.07, 6.45) is 5.22. The van der Waals surface area contributed by atoms with Crippen molar-refractivity contribution in [1.29, 1.82) is 0 Å². The molecular formula is C17H24N2O. The van der Waals surface area contributed by atoms with Crippen molar-refractivity contribution in [1.82, 2.24) is 4.90 Å². The van der Waals surface area contributed by atoms with E-state index >= 15 is 0 Å². The quantitative estimate of drug-likeness (QED) is 0.913. The molecule has 2 N–H and O–H groups in total. The van der Waals surface area contributed by atoms with E-state index in [1.54, 1.807) is 0 Å². The van der Waals surface area contributed by atoms with Crippen molar-refractivity contribution in [2.24, 2.45) is 11.7 Å². The largest absolute Gasteiger partial charge is 0.339 e. The first kappa shape index (κ1) is 13.6. The fourth-order valence-corrected chi connectivity index (χ4v) is 3.67. The average Bonchev–Trinajstić information content (AvgIpc) is 3.04. The van der Waals surface area contributed by atoms with Crippen LogP contribution in [0.2, 0.25) is 0 Å². The molecule has 1 aromatic carbocycles. The summed E-state index contributed by atoms with van der Waals surface area (Å²) in [6, 6.07) is 6.91. The van der Waals surface area contributed by atoms with Gasteiger partial charge >= 0.3 is 0 Å². The molecule has 1 aliphatic carbocycles. The number of hydrogen-bond donors (Lipinski definition) is 1. The van der Waals surface area contributed by atoms with Crippen LogP contribution in [0.25, 0.3) is 0 Å². The number of nitrogens with two attached hydrogens (primary N) is 1. The molecule has 1 saturated heterocycles. The number of benzene rings is 1. The summed E-state index contributed by atoms with van der Waals surface area (Å²) in [7, 11) is 0. The zero-order valence-electron chi connectivity index (χ0n) is 12.3. The van der Waals surface area contributed by atoms with Crippen LogP contribution in [0, 0.1) is 5.92 Å². The van der Waals surface area contributed by atoms with E-state index in [9.17, 15) is 4.79 Å². The molecule has 20 heavy (non-hydrogen) atoms. The van der Waals surface area contributed by atoms with E-state index in [2.05, 4.69) is 25.1 Å². The molecule has 0 bridgehead atoms. The Labute approximate surface area is 121 Å². The number of aryl methyl sites for hydroxylation is 2. The standard InChI is InChI=1S/C17H24N2O/c1-12-7-14(10-18)11-19(12)17(20)9-13-5-6-15-3-2-4-16(15)8-13/h5-6,8,12,14H,2-4,7,9-11,18H2,1H3. The van der Waals surface area contributed by atoms with Gasteiger partial charge < -0.3 is 10.6 Å². The van der Waals surface area contributed by atoms with Gasteiger partial charge in [0.1, 0.15) is 0 Å². The first-order valence-electron chi connectivity index (χ1n) is 7.77. The van der Waals surface area contributed by atoms with Gasteiger partial charge in [-0.2, -0.15) is 0 Å². The number of fused-ring (bicyclic) bond motifs is 1. The van der Waals surface area contributed by atoms with Gasteiger partial charge in [0.25, 0.3) is 0 Å². The SMILES string of the molecule is CC1CC(CN)CN1C(=O)Cc1ccc2c(c1)CCC2. The molecule has 3 heteroatoms. The first-order chi connectivity index (χ1) is 9.67. The lowest BCUT2D eigenvalue weighted by Crippen LogP contribution is -2.35. The number of likely N-dealkylation sites (tertiary alicyclic amines) is 1. The number of amides is 1. The van der Waals surface area contributed by atoms with Gasteiger partial charge in [0.15, 0.2) is 0 Å². The lowest BCUT2D eigenvalue weighted by Gasteiger charge is -2.21. The molecule has 0 spiro atoms. The third-order valence-corrected chi connectivity index (χ3v) is 4.83. The molecule has 3 rings (SSSR count). The zero-order valence-corrected chi connectivity index (χ0v) is 12.3. The Bertz CT molecular complexity index is 512. The fraction of sp³-hybridized carbons (Fsp3) is 0.588. The molecule has 108 valence electrons. The molecule has 2 aliphatic rings. The highest BCUT2D eigenvalue weighted by molar-refractivity contribution is 5.79. The smallest absolute Gasteiger partial charge is 0.227 e. The Morgan fingerprint density at radius 1 is 1.35 bits per heavy atom. The van der Waals surface area contributed by atoms with Crippen molar-refractivity contribution in [2.45, 2.75) is 45.1 Å². The van der Waals surface area contributed by atoms with Crippen molar-refractivity contribution in [2.75, 3.05) is 13.1 Å². The maximum atomic E-state index is 12.5. The molecule has 1 aromatic rings. The van der Waals surface area contributed by atoms with Crippen LogP contribution < -0.4 is 5.73 Å². The molecule has 2 unspecified atom stereocenters. The molecule has 1 fully saturated rings. The van der Waals surface area contributed by atoms with Gasteiger partial charge in [-0.3, -0.25) is 4.79 Å². The number of nitrogens with zero attached hydrogens (tertiary/aromatic N) is 1. The summed E-state index contributed by atoms with van der Waals surface area (Å²) in [6.45, 7) is 3.66. The Morgan fingerprint density at radius 3 is 2.90 bits per heavy atom. The second kappa shape index (κ2) is 5.57. The number of carbonyl (C=O) groups is 1. The highest BCUT2D eigenvalue weighted by atomic mass is 16.2. The maximum absolute atomic E-state index is 12.5. The second-order valence-electron chi connectivity index (χ2n) is 6.37. The van der Waals surface area contributed by atoms with Gasteiger partial charge in [0.05, 0.1) is 6.42 Å². The lowest BCUT2D eigenvalue weighted by molar-refractivity contribution is -0.131. The van der Waals surface area contributed by atoms with E-state index in [1.165, 1.54) is 36.0 Å². The topological polar surface area (TPSA) is 46.3 Å². The fourth-order valence-electron chi connectivity index (χ4n) is 3.67. The Kier molecular flexibility index (Phi) is 3.79.